The maximum atomic E-state index is 13.8. The summed E-state index contributed by atoms with van der Waals surface area (Å²) >= 11 is 0. The van der Waals surface area contributed by atoms with Gasteiger partial charge in [-0.2, -0.15) is 9.55 Å². The molecule has 0 aliphatic rings. The molecule has 0 aromatic carbocycles. The highest BCUT2D eigenvalue weighted by Crippen LogP contribution is 2.31. The first-order chi connectivity index (χ1) is 16.0. The number of rotatable bonds is 1. The number of pyridine rings is 4. The Morgan fingerprint density at radius 3 is 1.97 bits per heavy atom. The first-order valence-electron chi connectivity index (χ1n) is 11.2. The van der Waals surface area contributed by atoms with E-state index in [-0.39, 0.29) is 22.3 Å². The molecule has 8 nitrogen and oxygen atoms in total. The molecule has 0 spiro atoms. The maximum Gasteiger partial charge on any atom is 0.359 e. The summed E-state index contributed by atoms with van der Waals surface area (Å²) in [5.74, 6) is 0.219. The second-order valence-corrected chi connectivity index (χ2v) is 10.5. The topological polar surface area (TPSA) is 95.0 Å². The van der Waals surface area contributed by atoms with Crippen molar-refractivity contribution in [2.45, 2.75) is 52.4 Å². The molecule has 8 heteroatoms. The van der Waals surface area contributed by atoms with Gasteiger partial charge in [0.25, 0.3) is 0 Å². The predicted octanol–water partition coefficient (Wildman–Crippen LogP) is 3.93. The minimum absolute atomic E-state index is 0.215. The van der Waals surface area contributed by atoms with Gasteiger partial charge in [-0.05, 0) is 35.1 Å². The summed E-state index contributed by atoms with van der Waals surface area (Å²) in [5.41, 5.74) is 1.78. The molecular weight excluding hydrogens is 428 g/mol. The van der Waals surface area contributed by atoms with Crippen LogP contribution in [0.15, 0.2) is 58.6 Å². The summed E-state index contributed by atoms with van der Waals surface area (Å²) in [4.78, 5) is 45.0. The number of hydrogen-bond donors (Lipinski definition) is 0. The molecule has 34 heavy (non-hydrogen) atoms. The molecular formula is C26H26N6O2. The lowest BCUT2D eigenvalue weighted by Gasteiger charge is -2.22. The average molecular weight is 455 g/mol. The van der Waals surface area contributed by atoms with Crippen molar-refractivity contribution in [3.8, 4) is 5.82 Å². The van der Waals surface area contributed by atoms with E-state index < -0.39 is 11.4 Å². The Bertz CT molecular complexity index is 1720. The normalized spacial score (nSPS) is 12.6. The fourth-order valence-electron chi connectivity index (χ4n) is 4.29. The summed E-state index contributed by atoms with van der Waals surface area (Å²) in [6.45, 7) is 12.4. The summed E-state index contributed by atoms with van der Waals surface area (Å²) in [6.07, 6.45) is 6.83. The fourth-order valence-corrected chi connectivity index (χ4v) is 4.29. The van der Waals surface area contributed by atoms with Crippen LogP contribution in [0.25, 0.3) is 33.3 Å². The van der Waals surface area contributed by atoms with E-state index in [0.717, 1.165) is 21.2 Å². The maximum absolute atomic E-state index is 13.8. The fraction of sp³-hybridized carbons (Fsp3) is 0.308. The third-order valence-corrected chi connectivity index (χ3v) is 6.03. The second kappa shape index (κ2) is 7.28. The van der Waals surface area contributed by atoms with Crippen LogP contribution < -0.4 is 11.4 Å². The molecule has 5 aromatic rings. The molecule has 0 saturated carbocycles. The molecule has 0 aliphatic carbocycles. The predicted molar refractivity (Wildman–Crippen MR) is 133 cm³/mol. The Morgan fingerprint density at radius 2 is 1.35 bits per heavy atom. The van der Waals surface area contributed by atoms with Crippen LogP contribution in [0.4, 0.5) is 0 Å². The monoisotopic (exact) mass is 454 g/mol. The largest absolute Gasteiger partial charge is 0.359 e. The van der Waals surface area contributed by atoms with Gasteiger partial charge in [0.05, 0.1) is 11.0 Å². The van der Waals surface area contributed by atoms with Crippen molar-refractivity contribution < 1.29 is 0 Å². The van der Waals surface area contributed by atoms with E-state index in [1.54, 1.807) is 36.9 Å². The van der Waals surface area contributed by atoms with Crippen LogP contribution in [-0.2, 0) is 10.8 Å². The third-order valence-electron chi connectivity index (χ3n) is 6.03. The van der Waals surface area contributed by atoms with E-state index >= 15 is 0 Å². The smallest absolute Gasteiger partial charge is 0.256 e. The number of aromatic nitrogens is 6. The lowest BCUT2D eigenvalue weighted by atomic mass is 9.86. The minimum Gasteiger partial charge on any atom is -0.256 e. The van der Waals surface area contributed by atoms with Gasteiger partial charge in [-0.3, -0.25) is 14.4 Å². The van der Waals surface area contributed by atoms with Crippen LogP contribution >= 0.6 is 0 Å². The lowest BCUT2D eigenvalue weighted by molar-refractivity contribution is 0.589. The standard InChI is InChI=1S/C26H26N6O2/c1-25(2,3)17-13-29-21(15-9-7-11-27-19(15)17)32-23(33)30-22-16-10-8-12-28-20(16)18(26(4,5)6)14-31(22)24(32)34/h7-14H,1-6H3. The Hall–Kier alpha value is -3.94. The SMILES string of the molecule is CC(C)(C)c1cnc(-n2c(=O)nc3c4cccnc4c(C(C)(C)C)cn3c2=O)c2cccnc12. The molecule has 0 amide bonds. The van der Waals surface area contributed by atoms with Gasteiger partial charge in [0, 0.05) is 46.7 Å². The molecule has 0 fully saturated rings. The quantitative estimate of drug-likeness (QED) is 0.356. The van der Waals surface area contributed by atoms with Crippen molar-refractivity contribution in [2.24, 2.45) is 0 Å². The zero-order valence-electron chi connectivity index (χ0n) is 20.1. The van der Waals surface area contributed by atoms with Crippen molar-refractivity contribution >= 4 is 27.5 Å². The van der Waals surface area contributed by atoms with Crippen LogP contribution in [-0.4, -0.2) is 28.9 Å². The van der Waals surface area contributed by atoms with Gasteiger partial charge < -0.3 is 0 Å². The number of fused-ring (bicyclic) bond motifs is 4. The zero-order valence-corrected chi connectivity index (χ0v) is 20.1. The molecule has 0 aliphatic heterocycles. The van der Waals surface area contributed by atoms with E-state index in [4.69, 9.17) is 0 Å². The van der Waals surface area contributed by atoms with Crippen molar-refractivity contribution in [2.75, 3.05) is 0 Å². The van der Waals surface area contributed by atoms with Gasteiger partial charge in [-0.15, -0.1) is 0 Å². The molecule has 0 atom stereocenters. The summed E-state index contributed by atoms with van der Waals surface area (Å²) in [7, 11) is 0. The highest BCUT2D eigenvalue weighted by Gasteiger charge is 2.24. The molecule has 5 rings (SSSR count). The summed E-state index contributed by atoms with van der Waals surface area (Å²) in [6, 6.07) is 7.21. The van der Waals surface area contributed by atoms with Crippen molar-refractivity contribution in [1.82, 2.24) is 28.9 Å². The molecule has 5 heterocycles. The van der Waals surface area contributed by atoms with Gasteiger partial charge in [0.15, 0.2) is 11.5 Å². The highest BCUT2D eigenvalue weighted by molar-refractivity contribution is 5.93. The van der Waals surface area contributed by atoms with Crippen LogP contribution in [0, 0.1) is 0 Å². The van der Waals surface area contributed by atoms with Gasteiger partial charge >= 0.3 is 11.4 Å². The van der Waals surface area contributed by atoms with Crippen LogP contribution in [0.1, 0.15) is 52.7 Å². The van der Waals surface area contributed by atoms with E-state index in [2.05, 4.69) is 61.5 Å². The Kier molecular flexibility index (Phi) is 4.69. The molecule has 0 unspecified atom stereocenters. The average Bonchev–Trinajstić information content (AvgIpc) is 2.77. The summed E-state index contributed by atoms with van der Waals surface area (Å²) in [5, 5.41) is 1.27. The Morgan fingerprint density at radius 1 is 0.765 bits per heavy atom. The van der Waals surface area contributed by atoms with Crippen LogP contribution in [0.3, 0.4) is 0 Å². The van der Waals surface area contributed by atoms with Crippen molar-refractivity contribution in [1.29, 1.82) is 0 Å². The Labute approximate surface area is 196 Å². The van der Waals surface area contributed by atoms with Gasteiger partial charge in [-0.25, -0.2) is 14.6 Å². The van der Waals surface area contributed by atoms with Crippen LogP contribution in [0.2, 0.25) is 0 Å². The van der Waals surface area contributed by atoms with E-state index in [1.807, 2.05) is 12.1 Å². The molecule has 172 valence electrons. The Balaban J connectivity index is 1.93. The molecule has 0 saturated heterocycles. The molecule has 0 bridgehead atoms. The van der Waals surface area contributed by atoms with E-state index in [9.17, 15) is 9.59 Å². The minimum atomic E-state index is -0.695. The summed E-state index contributed by atoms with van der Waals surface area (Å²) < 4.78 is 2.45. The molecule has 0 radical (unpaired) electrons. The first kappa shape index (κ1) is 21.9. The zero-order chi connectivity index (χ0) is 24.4. The van der Waals surface area contributed by atoms with Gasteiger partial charge in [-0.1, -0.05) is 41.5 Å². The number of hydrogen-bond acceptors (Lipinski definition) is 6. The van der Waals surface area contributed by atoms with Crippen molar-refractivity contribution in [3.05, 3.63) is 81.1 Å². The van der Waals surface area contributed by atoms with Crippen LogP contribution in [0.5, 0.6) is 0 Å². The molecule has 0 N–H and O–H groups in total. The first-order valence-corrected chi connectivity index (χ1v) is 11.2. The third kappa shape index (κ3) is 3.29. The molecule has 5 aromatic heterocycles. The number of nitrogens with zero attached hydrogens (tertiary/aromatic N) is 6. The second-order valence-electron chi connectivity index (χ2n) is 10.5. The van der Waals surface area contributed by atoms with Gasteiger partial charge in [0.1, 0.15) is 0 Å². The lowest BCUT2D eigenvalue weighted by Crippen LogP contribution is -2.39. The van der Waals surface area contributed by atoms with Crippen molar-refractivity contribution in [3.63, 3.8) is 0 Å². The van der Waals surface area contributed by atoms with E-state index in [1.165, 1.54) is 4.40 Å². The van der Waals surface area contributed by atoms with Gasteiger partial charge in [0.2, 0.25) is 0 Å². The highest BCUT2D eigenvalue weighted by atomic mass is 16.2. The van der Waals surface area contributed by atoms with E-state index in [0.29, 0.717) is 16.3 Å².